The second-order valence-electron chi connectivity index (χ2n) is 7.92. The van der Waals surface area contributed by atoms with Gasteiger partial charge in [0.25, 0.3) is 0 Å². The minimum absolute atomic E-state index is 0.325. The first-order valence-electron chi connectivity index (χ1n) is 10.5. The maximum absolute atomic E-state index is 5.85. The van der Waals surface area contributed by atoms with Crippen molar-refractivity contribution in [3.63, 3.8) is 0 Å². The van der Waals surface area contributed by atoms with Gasteiger partial charge in [-0.1, -0.05) is 30.3 Å². The Kier molecular flexibility index (Phi) is 6.30. The third kappa shape index (κ3) is 5.07. The van der Waals surface area contributed by atoms with Gasteiger partial charge in [-0.15, -0.1) is 0 Å². The summed E-state index contributed by atoms with van der Waals surface area (Å²) in [6.07, 6.45) is 4.14. The van der Waals surface area contributed by atoms with Crippen molar-refractivity contribution in [2.75, 3.05) is 32.8 Å². The Hall–Kier alpha value is -2.60. The molecule has 6 nitrogen and oxygen atoms in total. The van der Waals surface area contributed by atoms with Gasteiger partial charge in [-0.25, -0.2) is 9.98 Å². The lowest BCUT2D eigenvalue weighted by molar-refractivity contribution is 0.156. The maximum atomic E-state index is 5.85. The molecule has 2 fully saturated rings. The summed E-state index contributed by atoms with van der Waals surface area (Å²) in [4.78, 5) is 11.6. The molecule has 0 saturated carbocycles. The van der Waals surface area contributed by atoms with Gasteiger partial charge in [0.2, 0.25) is 5.88 Å². The maximum Gasteiger partial charge on any atom is 0.213 e. The Bertz CT molecular complexity index is 819. The van der Waals surface area contributed by atoms with Crippen molar-refractivity contribution >= 4 is 5.96 Å². The fourth-order valence-electron chi connectivity index (χ4n) is 4.04. The molecule has 0 radical (unpaired) electrons. The average molecular weight is 395 g/mol. The highest BCUT2D eigenvalue weighted by Gasteiger charge is 2.42. The van der Waals surface area contributed by atoms with Crippen LogP contribution in [0.25, 0.3) is 0 Å². The zero-order valence-corrected chi connectivity index (χ0v) is 17.1. The fraction of sp³-hybridized carbons (Fsp3) is 0.478. The van der Waals surface area contributed by atoms with Gasteiger partial charge in [-0.2, -0.15) is 0 Å². The van der Waals surface area contributed by atoms with E-state index in [1.54, 1.807) is 6.20 Å². The van der Waals surface area contributed by atoms with Gasteiger partial charge in [-0.3, -0.25) is 0 Å². The van der Waals surface area contributed by atoms with Crippen LogP contribution in [0.4, 0.5) is 0 Å². The minimum atomic E-state index is 0.325. The molecule has 2 aliphatic rings. The largest absolute Gasteiger partial charge is 0.473 e. The molecule has 0 amide bonds. The molecule has 2 aliphatic heterocycles. The number of rotatable bonds is 6. The van der Waals surface area contributed by atoms with E-state index in [-0.39, 0.29) is 0 Å². The molecule has 29 heavy (non-hydrogen) atoms. The van der Waals surface area contributed by atoms with Crippen molar-refractivity contribution in [2.24, 2.45) is 10.4 Å². The van der Waals surface area contributed by atoms with E-state index in [1.807, 2.05) is 30.3 Å². The zero-order chi connectivity index (χ0) is 19.9. The molecular formula is C23H30N4O2. The van der Waals surface area contributed by atoms with Gasteiger partial charge in [-0.05, 0) is 37.0 Å². The van der Waals surface area contributed by atoms with Crippen molar-refractivity contribution in [2.45, 2.75) is 32.9 Å². The quantitative estimate of drug-likeness (QED) is 0.602. The molecule has 1 atom stereocenters. The van der Waals surface area contributed by atoms with Crippen molar-refractivity contribution in [3.05, 3.63) is 59.8 Å². The summed E-state index contributed by atoms with van der Waals surface area (Å²) in [5, 5.41) is 3.45. The molecule has 1 aromatic heterocycles. The van der Waals surface area contributed by atoms with E-state index in [2.05, 4.69) is 34.3 Å². The molecule has 154 valence electrons. The van der Waals surface area contributed by atoms with E-state index in [1.165, 1.54) is 6.42 Å². The fourth-order valence-corrected chi connectivity index (χ4v) is 4.04. The van der Waals surface area contributed by atoms with E-state index in [4.69, 9.17) is 14.5 Å². The van der Waals surface area contributed by atoms with Crippen LogP contribution in [0, 0.1) is 5.41 Å². The van der Waals surface area contributed by atoms with Crippen LogP contribution in [0.5, 0.6) is 5.88 Å². The van der Waals surface area contributed by atoms with E-state index in [0.29, 0.717) is 24.4 Å². The lowest BCUT2D eigenvalue weighted by Crippen LogP contribution is -2.41. The van der Waals surface area contributed by atoms with Gasteiger partial charge in [0.05, 0.1) is 13.2 Å². The number of aromatic nitrogens is 1. The first kappa shape index (κ1) is 19.7. The topological polar surface area (TPSA) is 59.0 Å². The lowest BCUT2D eigenvalue weighted by atomic mass is 9.87. The second kappa shape index (κ2) is 9.27. The van der Waals surface area contributed by atoms with E-state index < -0.39 is 0 Å². The minimum Gasteiger partial charge on any atom is -0.473 e. The number of aliphatic imine (C=N–C) groups is 1. The number of nitrogens with zero attached hydrogens (tertiary/aromatic N) is 3. The highest BCUT2D eigenvalue weighted by Crippen LogP contribution is 2.38. The van der Waals surface area contributed by atoms with Crippen molar-refractivity contribution in [3.8, 4) is 5.88 Å². The summed E-state index contributed by atoms with van der Waals surface area (Å²) < 4.78 is 11.5. The van der Waals surface area contributed by atoms with E-state index >= 15 is 0 Å². The standard InChI is InChI=1S/C23H30N4O2/c1-2-24-22(27-12-9-23(17-27)10-13-28-18-23)26-15-20-8-11-25-21(14-20)29-16-19-6-4-3-5-7-19/h3-8,11,14H,2,9-10,12-13,15-18H2,1H3,(H,24,26). The summed E-state index contributed by atoms with van der Waals surface area (Å²) in [6.45, 7) is 7.94. The Labute approximate surface area is 173 Å². The predicted octanol–water partition coefficient (Wildman–Crippen LogP) is 3.24. The molecule has 2 aromatic rings. The summed E-state index contributed by atoms with van der Waals surface area (Å²) in [6, 6.07) is 14.1. The molecular weight excluding hydrogens is 364 g/mol. The van der Waals surface area contributed by atoms with Crippen LogP contribution < -0.4 is 10.1 Å². The lowest BCUT2D eigenvalue weighted by Gasteiger charge is -2.25. The molecule has 1 N–H and O–H groups in total. The summed E-state index contributed by atoms with van der Waals surface area (Å²) >= 11 is 0. The normalized spacial score (nSPS) is 21.7. The second-order valence-corrected chi connectivity index (χ2v) is 7.92. The molecule has 2 saturated heterocycles. The number of benzene rings is 1. The molecule has 0 aliphatic carbocycles. The third-order valence-electron chi connectivity index (χ3n) is 5.70. The van der Waals surface area contributed by atoms with E-state index in [9.17, 15) is 0 Å². The summed E-state index contributed by atoms with van der Waals surface area (Å²) in [5.74, 6) is 1.62. The van der Waals surface area contributed by atoms with Gasteiger partial charge in [0, 0.05) is 43.9 Å². The van der Waals surface area contributed by atoms with Gasteiger partial charge >= 0.3 is 0 Å². The zero-order valence-electron chi connectivity index (χ0n) is 17.1. The number of ether oxygens (including phenoxy) is 2. The average Bonchev–Trinajstić information content (AvgIpc) is 3.40. The summed E-state index contributed by atoms with van der Waals surface area (Å²) in [7, 11) is 0. The molecule has 3 heterocycles. The number of nitrogens with one attached hydrogen (secondary N) is 1. The first-order chi connectivity index (χ1) is 14.3. The monoisotopic (exact) mass is 394 g/mol. The molecule has 1 spiro atoms. The third-order valence-corrected chi connectivity index (χ3v) is 5.70. The molecule has 6 heteroatoms. The molecule has 0 bridgehead atoms. The highest BCUT2D eigenvalue weighted by atomic mass is 16.5. The Morgan fingerprint density at radius 3 is 2.93 bits per heavy atom. The first-order valence-corrected chi connectivity index (χ1v) is 10.5. The predicted molar refractivity (Wildman–Crippen MR) is 114 cm³/mol. The van der Waals surface area contributed by atoms with Gasteiger partial charge in [0.1, 0.15) is 6.61 Å². The molecule has 1 aromatic carbocycles. The summed E-state index contributed by atoms with van der Waals surface area (Å²) in [5.41, 5.74) is 2.55. The molecule has 4 rings (SSSR count). The van der Waals surface area contributed by atoms with Crippen molar-refractivity contribution < 1.29 is 9.47 Å². The number of hydrogen-bond acceptors (Lipinski definition) is 4. The number of pyridine rings is 1. The number of hydrogen-bond donors (Lipinski definition) is 1. The SMILES string of the molecule is CCNC(=NCc1ccnc(OCc2ccccc2)c1)N1CCC2(CCOC2)C1. The van der Waals surface area contributed by atoms with Crippen molar-refractivity contribution in [1.29, 1.82) is 0 Å². The van der Waals surface area contributed by atoms with Gasteiger partial charge in [0.15, 0.2) is 5.96 Å². The highest BCUT2D eigenvalue weighted by molar-refractivity contribution is 5.80. The van der Waals surface area contributed by atoms with Crippen molar-refractivity contribution in [1.82, 2.24) is 15.2 Å². The van der Waals surface area contributed by atoms with Crippen LogP contribution in [0.1, 0.15) is 30.9 Å². The smallest absolute Gasteiger partial charge is 0.213 e. The number of guanidine groups is 1. The Morgan fingerprint density at radius 2 is 2.14 bits per heavy atom. The van der Waals surface area contributed by atoms with Crippen LogP contribution in [-0.2, 0) is 17.9 Å². The van der Waals surface area contributed by atoms with Crippen LogP contribution >= 0.6 is 0 Å². The Morgan fingerprint density at radius 1 is 1.24 bits per heavy atom. The number of likely N-dealkylation sites (tertiary alicyclic amines) is 1. The molecule has 1 unspecified atom stereocenters. The van der Waals surface area contributed by atoms with E-state index in [0.717, 1.165) is 56.4 Å². The van der Waals surface area contributed by atoms with Crippen LogP contribution in [0.2, 0.25) is 0 Å². The van der Waals surface area contributed by atoms with Crippen LogP contribution in [-0.4, -0.2) is 48.7 Å². The Balaban J connectivity index is 1.38. The van der Waals surface area contributed by atoms with Crippen LogP contribution in [0.3, 0.4) is 0 Å². The van der Waals surface area contributed by atoms with Gasteiger partial charge < -0.3 is 19.7 Å². The van der Waals surface area contributed by atoms with Crippen LogP contribution in [0.15, 0.2) is 53.7 Å².